The molecule has 0 aromatic carbocycles. The van der Waals surface area contributed by atoms with E-state index in [0.29, 0.717) is 0 Å². The van der Waals surface area contributed by atoms with Crippen LogP contribution in [0, 0.1) is 0 Å². The summed E-state index contributed by atoms with van der Waals surface area (Å²) in [6.45, 7) is -2.33. The molecule has 0 fully saturated rings. The maximum absolute atomic E-state index is 9.12. The Labute approximate surface area is 246 Å². The summed E-state index contributed by atoms with van der Waals surface area (Å²) in [5.41, 5.74) is 0. The third kappa shape index (κ3) is 307. The molecule has 6 N–H and O–H groups in total. The van der Waals surface area contributed by atoms with Gasteiger partial charge < -0.3 is 69.1 Å². The fourth-order valence-corrected chi connectivity index (χ4v) is 0. The van der Waals surface area contributed by atoms with Gasteiger partial charge in [0.1, 0.15) is 19.8 Å². The zero-order valence-electron chi connectivity index (χ0n) is 13.8. The Morgan fingerprint density at radius 2 is 0.571 bits per heavy atom. The fraction of sp³-hybridized carbons (Fsp3) is 0.500. The first-order valence-electron chi connectivity index (χ1n) is 4.75. The topological polar surface area (TPSA) is 345 Å². The van der Waals surface area contributed by atoms with Gasteiger partial charge in [-0.1, -0.05) is 0 Å². The van der Waals surface area contributed by atoms with Gasteiger partial charge >= 0.3 is 131 Å². The van der Waals surface area contributed by atoms with Crippen LogP contribution in [-0.2, 0) is 23.5 Å². The number of carbonyl (C=O) groups is 3. The SMILES string of the molecule is O=C(O)CO.O=C(O)CO.O=C(O)CO.O=P([O-])([O-])[O-].O=P([O-])([O-])[O-].[Ca+2].[Ca+2].[Ca+2]. The van der Waals surface area contributed by atoms with Crippen LogP contribution in [0.25, 0.3) is 0 Å². The van der Waals surface area contributed by atoms with Crippen LogP contribution in [0.3, 0.4) is 0 Å². The van der Waals surface area contributed by atoms with Gasteiger partial charge in [0.15, 0.2) is 0 Å². The molecule has 0 amide bonds. The molecule has 0 spiro atoms. The third-order valence-corrected chi connectivity index (χ3v) is 0.406. The van der Waals surface area contributed by atoms with Crippen LogP contribution in [0.2, 0.25) is 0 Å². The van der Waals surface area contributed by atoms with E-state index in [2.05, 4.69) is 0 Å². The predicted molar refractivity (Wildman–Crippen MR) is 76.6 cm³/mol. The zero-order valence-corrected chi connectivity index (χ0v) is 22.2. The molecule has 0 aliphatic heterocycles. The van der Waals surface area contributed by atoms with Gasteiger partial charge in [-0.2, -0.15) is 15.6 Å². The van der Waals surface area contributed by atoms with E-state index in [9.17, 15) is 0 Å². The minimum Gasteiger partial charge on any atom is -0.822 e. The summed E-state index contributed by atoms with van der Waals surface area (Å²) in [6.07, 6.45) is 0. The van der Waals surface area contributed by atoms with E-state index in [1.165, 1.54) is 0 Å². The normalized spacial score (nSPS) is 8.18. The van der Waals surface area contributed by atoms with Crippen LogP contribution in [0.4, 0.5) is 0 Å². The molecule has 0 bridgehead atoms. The molecule has 0 saturated carbocycles. The monoisotopic (exact) mass is 538 g/mol. The van der Waals surface area contributed by atoms with Crippen LogP contribution in [0.1, 0.15) is 0 Å². The van der Waals surface area contributed by atoms with Crippen molar-refractivity contribution in [1.29, 1.82) is 0 Å². The Morgan fingerprint density at radius 1 is 0.536 bits per heavy atom. The summed E-state index contributed by atoms with van der Waals surface area (Å²) in [5.74, 6) is -3.57. The van der Waals surface area contributed by atoms with Crippen molar-refractivity contribution in [2.24, 2.45) is 0 Å². The molecule has 154 valence electrons. The number of hydrogen-bond donors (Lipinski definition) is 6. The Balaban J connectivity index is -0.0000000290. The van der Waals surface area contributed by atoms with Crippen LogP contribution in [0.5, 0.6) is 0 Å². The van der Waals surface area contributed by atoms with Gasteiger partial charge in [0, 0.05) is 0 Å². The average molecular weight is 538 g/mol. The summed E-state index contributed by atoms with van der Waals surface area (Å²) >= 11 is 0. The molecule has 0 aliphatic carbocycles. The van der Waals surface area contributed by atoms with E-state index in [1.54, 1.807) is 0 Å². The van der Waals surface area contributed by atoms with Crippen LogP contribution in [0.15, 0.2) is 0 Å². The molecular weight excluding hydrogens is 526 g/mol. The number of phosphoric acid groups is 2. The summed E-state index contributed by atoms with van der Waals surface area (Å²) in [6, 6.07) is 0. The largest absolute Gasteiger partial charge is 2.00 e. The summed E-state index contributed by atoms with van der Waals surface area (Å²) in [4.78, 5) is 78.6. The van der Waals surface area contributed by atoms with E-state index in [-0.39, 0.29) is 113 Å². The summed E-state index contributed by atoms with van der Waals surface area (Å²) < 4.78 is 17.1. The number of carboxylic acid groups (broad SMARTS) is 3. The molecule has 0 aromatic heterocycles. The molecule has 0 aliphatic rings. The van der Waals surface area contributed by atoms with Gasteiger partial charge in [-0.3, -0.25) is 0 Å². The Bertz CT molecular complexity index is 376. The number of aliphatic hydroxyl groups excluding tert-OH is 3. The van der Waals surface area contributed by atoms with E-state index >= 15 is 0 Å². The van der Waals surface area contributed by atoms with Crippen molar-refractivity contribution in [2.45, 2.75) is 0 Å². The van der Waals surface area contributed by atoms with Crippen LogP contribution in [-0.4, -0.2) is 182 Å². The standard InChI is InChI=1S/3C2H4O3.3Ca.2H3O4P/c3*3-1-2(4)5;;;;2*1-5(2,3)4/h3*3H,1H2,(H,4,5);;;;2*(H3,1,2,3,4)/q;;;3*+2;;/p-6. The number of aliphatic hydroxyl groups is 3. The van der Waals surface area contributed by atoms with Crippen molar-refractivity contribution in [1.82, 2.24) is 0 Å². The van der Waals surface area contributed by atoms with Crippen molar-refractivity contribution < 1.29 is 83.5 Å². The van der Waals surface area contributed by atoms with Crippen LogP contribution >= 0.6 is 15.6 Å². The molecule has 28 heavy (non-hydrogen) atoms. The fourth-order valence-electron chi connectivity index (χ4n) is 0. The van der Waals surface area contributed by atoms with E-state index in [0.717, 1.165) is 0 Å². The van der Waals surface area contributed by atoms with Crippen molar-refractivity contribution in [2.75, 3.05) is 19.8 Å². The molecule has 0 atom stereocenters. The molecule has 0 unspecified atom stereocenters. The average Bonchev–Trinajstić information content (AvgIpc) is 2.36. The molecule has 0 rings (SSSR count). The second kappa shape index (κ2) is 33.9. The van der Waals surface area contributed by atoms with Gasteiger partial charge in [0.2, 0.25) is 0 Å². The molecule has 0 aromatic rings. The number of hydrogen-bond acceptors (Lipinski definition) is 14. The third-order valence-electron chi connectivity index (χ3n) is 0.406. The number of carboxylic acids is 3. The second-order valence-electron chi connectivity index (χ2n) is 2.55. The molecular formula is C6H12Ca3O17P2. The maximum atomic E-state index is 9.12. The minimum atomic E-state index is -5.39. The minimum absolute atomic E-state index is 0. The van der Waals surface area contributed by atoms with E-state index in [4.69, 9.17) is 83.5 Å². The summed E-state index contributed by atoms with van der Waals surface area (Å²) in [5, 5.41) is 45.0. The van der Waals surface area contributed by atoms with Gasteiger partial charge in [-0.25, -0.2) is 14.4 Å². The van der Waals surface area contributed by atoms with Crippen molar-refractivity contribution in [3.63, 3.8) is 0 Å². The first-order chi connectivity index (χ1) is 10.8. The molecule has 0 radical (unpaired) electrons. The Morgan fingerprint density at radius 3 is 0.571 bits per heavy atom. The second-order valence-corrected chi connectivity index (χ2v) is 4.34. The predicted octanol–water partition coefficient (Wildman–Crippen LogP) is -9.60. The first kappa shape index (κ1) is 52.3. The van der Waals surface area contributed by atoms with Crippen LogP contribution < -0.4 is 29.4 Å². The quantitative estimate of drug-likeness (QED) is 0.143. The molecule has 17 nitrogen and oxygen atoms in total. The van der Waals surface area contributed by atoms with Gasteiger partial charge in [0.05, 0.1) is 0 Å². The number of aliphatic carboxylic acids is 3. The van der Waals surface area contributed by atoms with Gasteiger partial charge in [-0.15, -0.1) is 0 Å². The molecule has 0 saturated heterocycles. The van der Waals surface area contributed by atoms with Crippen molar-refractivity contribution >= 4 is 147 Å². The van der Waals surface area contributed by atoms with Gasteiger partial charge in [0.25, 0.3) is 0 Å². The van der Waals surface area contributed by atoms with E-state index < -0.39 is 53.4 Å². The molecule has 22 heteroatoms. The Hall–Kier alpha value is 2.29. The zero-order chi connectivity index (χ0) is 21.9. The van der Waals surface area contributed by atoms with E-state index in [1.807, 2.05) is 0 Å². The smallest absolute Gasteiger partial charge is 0.822 e. The first-order valence-corrected chi connectivity index (χ1v) is 7.67. The summed E-state index contributed by atoms with van der Waals surface area (Å²) in [7, 11) is -10.8. The van der Waals surface area contributed by atoms with Crippen molar-refractivity contribution in [3.05, 3.63) is 0 Å². The maximum Gasteiger partial charge on any atom is 2.00 e. The van der Waals surface area contributed by atoms with Crippen molar-refractivity contribution in [3.8, 4) is 0 Å². The van der Waals surface area contributed by atoms with Gasteiger partial charge in [-0.05, 0) is 0 Å². The number of rotatable bonds is 3. The molecule has 0 heterocycles. The Kier molecular flexibility index (Phi) is 63.4.